The Bertz CT molecular complexity index is 1180. The van der Waals surface area contributed by atoms with E-state index in [-0.39, 0.29) is 17.3 Å². The van der Waals surface area contributed by atoms with Gasteiger partial charge in [-0.05, 0) is 44.0 Å². The van der Waals surface area contributed by atoms with Gasteiger partial charge in [0.15, 0.2) is 0 Å². The maximum absolute atomic E-state index is 12.9. The van der Waals surface area contributed by atoms with Crippen LogP contribution in [0.4, 0.5) is 0 Å². The Morgan fingerprint density at radius 2 is 1.94 bits per heavy atom. The predicted octanol–water partition coefficient (Wildman–Crippen LogP) is 2.06. The van der Waals surface area contributed by atoms with E-state index in [0.29, 0.717) is 24.3 Å². The van der Waals surface area contributed by atoms with Crippen molar-refractivity contribution in [2.75, 3.05) is 19.6 Å². The van der Waals surface area contributed by atoms with E-state index in [2.05, 4.69) is 32.3 Å². The molecule has 1 aliphatic rings. The first-order chi connectivity index (χ1) is 15.1. The fourth-order valence-electron chi connectivity index (χ4n) is 4.20. The van der Waals surface area contributed by atoms with E-state index in [0.717, 1.165) is 32.4 Å². The number of H-pyrrole nitrogens is 1. The van der Waals surface area contributed by atoms with Crippen molar-refractivity contribution in [3.8, 4) is 0 Å². The molecule has 1 atom stereocenters. The zero-order valence-corrected chi connectivity index (χ0v) is 17.6. The van der Waals surface area contributed by atoms with Gasteiger partial charge in [0.1, 0.15) is 5.65 Å². The number of carbonyl (C=O) groups excluding carboxylic acids is 1. The van der Waals surface area contributed by atoms with E-state index in [1.54, 1.807) is 0 Å². The lowest BCUT2D eigenvalue weighted by Crippen LogP contribution is -2.37. The highest BCUT2D eigenvalue weighted by atomic mass is 16.2. The van der Waals surface area contributed by atoms with Gasteiger partial charge >= 0.3 is 5.69 Å². The predicted molar refractivity (Wildman–Crippen MR) is 119 cm³/mol. The first-order valence-electron chi connectivity index (χ1n) is 10.8. The van der Waals surface area contributed by atoms with E-state index in [4.69, 9.17) is 0 Å². The zero-order chi connectivity index (χ0) is 21.8. The second-order valence-corrected chi connectivity index (χ2v) is 7.89. The first-order valence-corrected chi connectivity index (χ1v) is 10.8. The van der Waals surface area contributed by atoms with Crippen molar-refractivity contribution >= 4 is 16.9 Å². The molecule has 31 heavy (non-hydrogen) atoms. The van der Waals surface area contributed by atoms with Crippen molar-refractivity contribution in [2.24, 2.45) is 0 Å². The molecule has 8 heteroatoms. The maximum Gasteiger partial charge on any atom is 0.329 e. The van der Waals surface area contributed by atoms with Crippen molar-refractivity contribution in [3.63, 3.8) is 0 Å². The van der Waals surface area contributed by atoms with Gasteiger partial charge in [-0.25, -0.2) is 9.78 Å². The number of carbonyl (C=O) groups is 1. The van der Waals surface area contributed by atoms with Crippen LogP contribution in [0.2, 0.25) is 0 Å². The number of nitrogens with one attached hydrogen (secondary N) is 2. The summed E-state index contributed by atoms with van der Waals surface area (Å²) in [6.07, 6.45) is 4.47. The van der Waals surface area contributed by atoms with Gasteiger partial charge in [0, 0.05) is 19.3 Å². The number of fused-ring (bicyclic) bond motifs is 1. The monoisotopic (exact) mass is 421 g/mol. The minimum atomic E-state index is -0.534. The number of likely N-dealkylation sites (tertiary alicyclic amines) is 1. The Labute approximate surface area is 179 Å². The maximum atomic E-state index is 12.9. The second-order valence-electron chi connectivity index (χ2n) is 7.89. The fourth-order valence-corrected chi connectivity index (χ4v) is 4.20. The molecule has 8 nitrogen and oxygen atoms in total. The Morgan fingerprint density at radius 3 is 2.65 bits per heavy atom. The normalized spacial score (nSPS) is 15.3. The molecule has 2 N–H and O–H groups in total. The summed E-state index contributed by atoms with van der Waals surface area (Å²) in [5, 5.41) is 3.24. The molecule has 4 rings (SSSR count). The van der Waals surface area contributed by atoms with Crippen LogP contribution in [0.5, 0.6) is 0 Å². The van der Waals surface area contributed by atoms with Gasteiger partial charge in [-0.1, -0.05) is 37.3 Å². The molecule has 0 radical (unpaired) electrons. The third-order valence-corrected chi connectivity index (χ3v) is 5.76. The average Bonchev–Trinajstić information content (AvgIpc) is 3.31. The van der Waals surface area contributed by atoms with Gasteiger partial charge in [-0.15, -0.1) is 0 Å². The third kappa shape index (κ3) is 4.44. The minimum absolute atomic E-state index is 0.0965. The van der Waals surface area contributed by atoms with E-state index in [1.165, 1.54) is 22.4 Å². The molecule has 162 valence electrons. The van der Waals surface area contributed by atoms with Crippen molar-refractivity contribution in [1.82, 2.24) is 24.8 Å². The SMILES string of the molecule is CCCn1c(=O)[nH]c(=O)c2cc(C(=O)NCC(c3ccccc3)N3CCCC3)cnc21. The number of pyridine rings is 1. The van der Waals surface area contributed by atoms with E-state index in [9.17, 15) is 14.4 Å². The summed E-state index contributed by atoms with van der Waals surface area (Å²) in [5.74, 6) is -0.290. The fraction of sp³-hybridized carbons (Fsp3) is 0.391. The van der Waals surface area contributed by atoms with Gasteiger partial charge in [0.2, 0.25) is 0 Å². The molecule has 0 aliphatic carbocycles. The van der Waals surface area contributed by atoms with Crippen LogP contribution in [0.15, 0.2) is 52.2 Å². The van der Waals surface area contributed by atoms with Crippen LogP contribution in [0.1, 0.15) is 48.1 Å². The second kappa shape index (κ2) is 9.26. The van der Waals surface area contributed by atoms with Crippen LogP contribution < -0.4 is 16.6 Å². The summed E-state index contributed by atoms with van der Waals surface area (Å²) in [6.45, 7) is 4.87. The third-order valence-electron chi connectivity index (χ3n) is 5.76. The summed E-state index contributed by atoms with van der Waals surface area (Å²) >= 11 is 0. The molecule has 1 aromatic carbocycles. The first kappa shape index (κ1) is 21.0. The lowest BCUT2D eigenvalue weighted by Gasteiger charge is -2.28. The number of hydrogen-bond donors (Lipinski definition) is 2. The van der Waals surface area contributed by atoms with Crippen molar-refractivity contribution in [2.45, 2.75) is 38.8 Å². The standard InChI is InChI=1S/C23H27N5O3/c1-2-10-28-20-18(22(30)26-23(28)31)13-17(14-24-20)21(29)25-15-19(27-11-6-7-12-27)16-8-4-3-5-9-16/h3-5,8-9,13-14,19H,2,6-7,10-12,15H2,1H3,(H,25,29)(H,26,30,31). The minimum Gasteiger partial charge on any atom is -0.350 e. The van der Waals surface area contributed by atoms with Crippen molar-refractivity contribution in [1.29, 1.82) is 0 Å². The van der Waals surface area contributed by atoms with Gasteiger partial charge in [0.25, 0.3) is 11.5 Å². The summed E-state index contributed by atoms with van der Waals surface area (Å²) in [4.78, 5) is 46.3. The van der Waals surface area contributed by atoms with E-state index in [1.807, 2.05) is 25.1 Å². The van der Waals surface area contributed by atoms with Gasteiger partial charge in [-0.3, -0.25) is 24.0 Å². The quantitative estimate of drug-likeness (QED) is 0.608. The van der Waals surface area contributed by atoms with Crippen LogP contribution in [0.25, 0.3) is 11.0 Å². The molecule has 0 saturated carbocycles. The molecular weight excluding hydrogens is 394 g/mol. The van der Waals surface area contributed by atoms with Crippen LogP contribution in [0.3, 0.4) is 0 Å². The van der Waals surface area contributed by atoms with Crippen molar-refractivity contribution < 1.29 is 4.79 Å². The van der Waals surface area contributed by atoms with Gasteiger partial charge < -0.3 is 5.32 Å². The molecule has 0 spiro atoms. The molecule has 3 heterocycles. The molecule has 0 bridgehead atoms. The van der Waals surface area contributed by atoms with E-state index >= 15 is 0 Å². The Hall–Kier alpha value is -3.26. The molecular formula is C23H27N5O3. The van der Waals surface area contributed by atoms with Gasteiger partial charge in [0.05, 0.1) is 17.0 Å². The van der Waals surface area contributed by atoms with Crippen LogP contribution >= 0.6 is 0 Å². The topological polar surface area (TPSA) is 100 Å². The Kier molecular flexibility index (Phi) is 6.27. The summed E-state index contributed by atoms with van der Waals surface area (Å²) in [6, 6.07) is 11.8. The molecule has 1 unspecified atom stereocenters. The number of nitrogens with zero attached hydrogens (tertiary/aromatic N) is 3. The smallest absolute Gasteiger partial charge is 0.329 e. The van der Waals surface area contributed by atoms with E-state index < -0.39 is 11.2 Å². The van der Waals surface area contributed by atoms with Crippen molar-refractivity contribution in [3.05, 3.63) is 74.6 Å². The summed E-state index contributed by atoms with van der Waals surface area (Å²) in [7, 11) is 0. The number of amides is 1. The molecule has 1 aliphatic heterocycles. The van der Waals surface area contributed by atoms with Crippen LogP contribution in [-0.4, -0.2) is 45.0 Å². The Morgan fingerprint density at radius 1 is 1.19 bits per heavy atom. The number of hydrogen-bond acceptors (Lipinski definition) is 5. The highest BCUT2D eigenvalue weighted by Gasteiger charge is 2.24. The molecule has 1 saturated heterocycles. The van der Waals surface area contributed by atoms with Gasteiger partial charge in [-0.2, -0.15) is 0 Å². The number of rotatable bonds is 7. The van der Waals surface area contributed by atoms with Crippen LogP contribution in [-0.2, 0) is 6.54 Å². The summed E-state index contributed by atoms with van der Waals surface area (Å²) < 4.78 is 1.43. The lowest BCUT2D eigenvalue weighted by molar-refractivity contribution is 0.0937. The number of benzene rings is 1. The molecule has 1 amide bonds. The molecule has 1 fully saturated rings. The number of aromatic amines is 1. The Balaban J connectivity index is 1.57. The largest absolute Gasteiger partial charge is 0.350 e. The zero-order valence-electron chi connectivity index (χ0n) is 17.6. The lowest BCUT2D eigenvalue weighted by atomic mass is 10.1. The highest BCUT2D eigenvalue weighted by Crippen LogP contribution is 2.24. The highest BCUT2D eigenvalue weighted by molar-refractivity contribution is 5.96. The molecule has 3 aromatic rings. The van der Waals surface area contributed by atoms with Crippen LogP contribution in [0, 0.1) is 0 Å². The number of aromatic nitrogens is 3. The summed E-state index contributed by atoms with van der Waals surface area (Å²) in [5.41, 5.74) is 0.745. The molecule has 2 aromatic heterocycles. The average molecular weight is 422 g/mol. The number of aryl methyl sites for hydroxylation is 1.